The van der Waals surface area contributed by atoms with Gasteiger partial charge in [0.05, 0.1) is 84.0 Å². The fraction of sp³-hybridized carbons (Fsp3) is 0.333. The molecule has 108 heavy (non-hydrogen) atoms. The first-order valence-corrected chi connectivity index (χ1v) is 39.4. The van der Waals surface area contributed by atoms with Crippen molar-refractivity contribution in [3.8, 4) is 91.5 Å². The Morgan fingerprint density at radius 1 is 0.241 bits per heavy atom. The molecule has 24 heteroatoms. The molecule has 0 unspecified atom stereocenters. The molecule has 562 valence electrons. The minimum Gasteiger partial charge on any atom is -0.454 e. The van der Waals surface area contributed by atoms with Crippen LogP contribution in [0.5, 0.6) is 46.0 Å². The number of halogens is 12. The van der Waals surface area contributed by atoms with E-state index in [9.17, 15) is 0 Å². The number of H-pyrrole nitrogens is 2. The van der Waals surface area contributed by atoms with Crippen molar-refractivity contribution in [3.63, 3.8) is 0 Å². The number of aromatic amines is 2. The summed E-state index contributed by atoms with van der Waals surface area (Å²) in [6.45, 7) is 44.3. The van der Waals surface area contributed by atoms with Crippen molar-refractivity contribution < 1.29 is 18.9 Å². The van der Waals surface area contributed by atoms with Gasteiger partial charge in [-0.3, -0.25) is 0 Å². The van der Waals surface area contributed by atoms with E-state index in [0.29, 0.717) is 23.0 Å². The summed E-state index contributed by atoms with van der Waals surface area (Å²) in [5.74, 6) is 1.48. The summed E-state index contributed by atoms with van der Waals surface area (Å²) < 4.78 is 27.7. The zero-order valence-corrected chi connectivity index (χ0v) is 72.4. The van der Waals surface area contributed by atoms with Gasteiger partial charge in [-0.1, -0.05) is 339 Å². The van der Waals surface area contributed by atoms with Crippen molar-refractivity contribution in [3.05, 3.63) is 178 Å². The lowest BCUT2D eigenvalue weighted by Gasteiger charge is -2.27. The molecule has 0 amide bonds. The summed E-state index contributed by atoms with van der Waals surface area (Å²) in [6.07, 6.45) is 0. The molecular weight excluding hydrogens is 1610 g/mol. The van der Waals surface area contributed by atoms with E-state index in [4.69, 9.17) is 188 Å². The number of fused-ring (bicyclic) bond motifs is 20. The number of hydrogen-bond donors (Lipinski definition) is 2. The second-order valence-electron chi connectivity index (χ2n) is 34.5. The largest absolute Gasteiger partial charge is 0.454 e. The van der Waals surface area contributed by atoms with Gasteiger partial charge in [-0.05, 0) is 78.9 Å². The Kier molecular flexibility index (Phi) is 20.6. The Labute approximate surface area is 689 Å². The van der Waals surface area contributed by atoms with Crippen LogP contribution in [0.3, 0.4) is 0 Å². The van der Waals surface area contributed by atoms with E-state index < -0.39 is 21.7 Å². The Bertz CT molecular complexity index is 5860. The number of rotatable bonds is 8. The quantitative estimate of drug-likeness (QED) is 0.141. The first-order chi connectivity index (χ1) is 50.0. The van der Waals surface area contributed by atoms with Gasteiger partial charge in [0.2, 0.25) is 0 Å². The number of nitrogens with one attached hydrogen (secondary N) is 2. The number of ether oxygens (including phenoxy) is 4. The summed E-state index contributed by atoms with van der Waals surface area (Å²) >= 11 is 92.3. The molecular formula is C84H78Cl12N8O4. The van der Waals surface area contributed by atoms with Gasteiger partial charge < -0.3 is 28.9 Å². The van der Waals surface area contributed by atoms with Gasteiger partial charge in [-0.15, -0.1) is 0 Å². The van der Waals surface area contributed by atoms with Gasteiger partial charge in [0.25, 0.3) is 0 Å². The Hall–Kier alpha value is -6.20. The molecule has 3 aromatic heterocycles. The van der Waals surface area contributed by atoms with Crippen molar-refractivity contribution >= 4 is 183 Å². The molecule has 0 atom stereocenters. The van der Waals surface area contributed by atoms with Crippen molar-refractivity contribution in [2.24, 2.45) is 0 Å². The second kappa shape index (κ2) is 27.9. The maximum Gasteiger partial charge on any atom is 0.166 e. The lowest BCUT2D eigenvalue weighted by Crippen LogP contribution is -2.17. The SMILES string of the molecule is CC(C)(C)c1ccc(Oc2c(Cl)c(Cl)c3c(c2Cl)-c2nc-3nc3[nH]c(nc4nc(nc5[nH]c(n2)c2c(Cl)c(Cl)c(Oc6ccc(C(C)(C)C)cc6C(C)(C)C)c(Cl)c52)-c2c(Cl)c(Oc5ccc(C(C)(C)C)cc5C(C)(C)C)c(Cl)c(Cl)c2-4)c2c(Cl)c(Cl)c(Oc4ccccc4C(C)(C)C)c(Cl)c32)c(C(C)(C)C)c1. The second-order valence-corrected chi connectivity index (χ2v) is 39.0. The predicted molar refractivity (Wildman–Crippen MR) is 453 cm³/mol. The number of aromatic nitrogens is 8. The van der Waals surface area contributed by atoms with Gasteiger partial charge in [-0.2, -0.15) is 0 Å². The van der Waals surface area contributed by atoms with Gasteiger partial charge in [0.1, 0.15) is 65.7 Å². The Morgan fingerprint density at radius 2 is 0.481 bits per heavy atom. The van der Waals surface area contributed by atoms with Crippen LogP contribution in [0.15, 0.2) is 78.9 Å². The van der Waals surface area contributed by atoms with E-state index in [2.05, 4.69) is 174 Å². The molecule has 11 aromatic rings. The molecule has 0 saturated carbocycles. The molecule has 0 radical (unpaired) electrons. The monoisotopic (exact) mass is 1680 g/mol. The third-order valence-electron chi connectivity index (χ3n) is 19.2. The molecule has 0 saturated heterocycles. The van der Waals surface area contributed by atoms with Crippen LogP contribution < -0.4 is 18.9 Å². The Balaban J connectivity index is 1.20. The van der Waals surface area contributed by atoms with Crippen molar-refractivity contribution in [2.75, 3.05) is 0 Å². The summed E-state index contributed by atoms with van der Waals surface area (Å²) in [5, 5.41) is -0.0910. The highest BCUT2D eigenvalue weighted by atomic mass is 35.5. The molecule has 8 aromatic carbocycles. The van der Waals surface area contributed by atoms with Crippen LogP contribution in [0.4, 0.5) is 0 Å². The van der Waals surface area contributed by atoms with Gasteiger partial charge in [0.15, 0.2) is 46.3 Å². The average molecular weight is 1690 g/mol. The molecule has 12 nitrogen and oxygen atoms in total. The van der Waals surface area contributed by atoms with E-state index in [1.54, 1.807) is 0 Å². The number of nitrogens with zero attached hydrogens (tertiary/aromatic N) is 6. The van der Waals surface area contributed by atoms with Crippen LogP contribution in [0.2, 0.25) is 60.3 Å². The van der Waals surface area contributed by atoms with E-state index >= 15 is 0 Å². The van der Waals surface area contributed by atoms with Crippen molar-refractivity contribution in [1.82, 2.24) is 39.9 Å². The van der Waals surface area contributed by atoms with Gasteiger partial charge in [0, 0.05) is 22.3 Å². The average Bonchev–Trinajstić information content (AvgIpc) is 1.55. The van der Waals surface area contributed by atoms with E-state index in [0.717, 1.165) is 38.9 Å². The number of benzene rings is 8. The van der Waals surface area contributed by atoms with Crippen LogP contribution >= 0.6 is 139 Å². The summed E-state index contributed by atoms with van der Waals surface area (Å²) in [5.41, 5.74) is 4.82. The van der Waals surface area contributed by atoms with Crippen molar-refractivity contribution in [2.45, 2.75) is 183 Å². The van der Waals surface area contributed by atoms with Crippen LogP contribution in [-0.4, -0.2) is 39.9 Å². The zero-order valence-electron chi connectivity index (χ0n) is 63.4. The standard InChI is InChI=1S/C84H78Cl12N8O4/c1-78(2,3)35-26-29-43(39(32-35)82(13,14)15)106-67-59(90)51-48(56(87)64(67)95)72-100-74-50-46(54(85)62(93)66(58(50)89)105-42-25-23-22-24-38(42)81(10,11)12)70(98-74)97-71-47-52(60(91)68(63(94)55(47)86)107-44-30-27-36(79(4,5)6)33-40(44)83(16,17)18)76(99-71)104-77-53-49(73(103-77)102-75(51)101-72)57(88)65(96)69(61(53)92)108-45-31-28-37(80(7,8)9)34-41(45)84(19,20)21/h22-34H,1-21H3,(H2,97,98,99,100,101,102,103,104). The van der Waals surface area contributed by atoms with Crippen LogP contribution in [0.1, 0.15) is 184 Å². The molecule has 0 spiro atoms. The molecule has 2 aliphatic rings. The lowest BCUT2D eigenvalue weighted by molar-refractivity contribution is 0.453. The molecule has 8 bridgehead atoms. The molecule has 5 heterocycles. The normalized spacial score (nSPS) is 13.0. The third-order valence-corrected chi connectivity index (χ3v) is 24.0. The van der Waals surface area contributed by atoms with Gasteiger partial charge >= 0.3 is 0 Å². The molecule has 0 aliphatic carbocycles. The van der Waals surface area contributed by atoms with E-state index in [1.165, 1.54) is 0 Å². The van der Waals surface area contributed by atoms with Crippen molar-refractivity contribution in [1.29, 1.82) is 0 Å². The Morgan fingerprint density at radius 3 is 0.759 bits per heavy atom. The van der Waals surface area contributed by atoms with E-state index in [-0.39, 0.29) is 189 Å². The molecule has 2 N–H and O–H groups in total. The predicted octanol–water partition coefficient (Wildman–Crippen LogP) is 31.0. The topological polar surface area (TPSA) is 146 Å². The molecule has 0 fully saturated rings. The highest BCUT2D eigenvalue weighted by Gasteiger charge is 2.39. The first kappa shape index (κ1) is 79.9. The summed E-state index contributed by atoms with van der Waals surface area (Å²) in [6, 6.07) is 25.6. The van der Waals surface area contributed by atoms with Crippen LogP contribution in [-0.2, 0) is 37.9 Å². The third kappa shape index (κ3) is 14.2. The zero-order chi connectivity index (χ0) is 79.0. The maximum absolute atomic E-state index is 7.90. The van der Waals surface area contributed by atoms with Gasteiger partial charge in [-0.25, -0.2) is 29.9 Å². The number of hydrogen-bond acceptors (Lipinski definition) is 10. The summed E-state index contributed by atoms with van der Waals surface area (Å²) in [7, 11) is 0. The smallest absolute Gasteiger partial charge is 0.166 e. The molecule has 13 rings (SSSR count). The van der Waals surface area contributed by atoms with E-state index in [1.807, 2.05) is 60.7 Å². The highest BCUT2D eigenvalue weighted by molar-refractivity contribution is 6.53. The minimum atomic E-state index is -0.450. The highest BCUT2D eigenvalue weighted by Crippen LogP contribution is 2.59. The fourth-order valence-electron chi connectivity index (χ4n) is 13.3. The summed E-state index contributed by atoms with van der Waals surface area (Å²) in [4.78, 5) is 38.6. The minimum absolute atomic E-state index is 0.00392. The fourth-order valence-corrected chi connectivity index (χ4v) is 16.7. The van der Waals surface area contributed by atoms with Crippen LogP contribution in [0.25, 0.3) is 89.7 Å². The first-order valence-electron chi connectivity index (χ1n) is 34.9. The molecule has 2 aliphatic heterocycles. The number of para-hydroxylation sites is 1. The maximum atomic E-state index is 7.90. The lowest BCUT2D eigenvalue weighted by atomic mass is 9.80. The van der Waals surface area contributed by atoms with Crippen LogP contribution in [0, 0.1) is 0 Å².